The van der Waals surface area contributed by atoms with Gasteiger partial charge in [0.15, 0.2) is 0 Å². The van der Waals surface area contributed by atoms with Crippen LogP contribution in [0.25, 0.3) is 0 Å². The Kier molecular flexibility index (Phi) is 9.69. The Bertz CT molecular complexity index is 295. The molecule has 1 aromatic rings. The molecule has 0 spiro atoms. The first kappa shape index (κ1) is 17.5. The summed E-state index contributed by atoms with van der Waals surface area (Å²) >= 11 is 0. The zero-order valence-corrected chi connectivity index (χ0v) is 11.7. The Morgan fingerprint density at radius 2 is 1.93 bits per heavy atom. The second kappa shape index (κ2) is 8.30. The molecule has 80 valence electrons. The summed E-state index contributed by atoms with van der Waals surface area (Å²) in [4.78, 5) is 0. The molecule has 0 fully saturated rings. The summed E-state index contributed by atoms with van der Waals surface area (Å²) in [5, 5.41) is 0. The van der Waals surface area contributed by atoms with Gasteiger partial charge in [0.25, 0.3) is 0 Å². The number of hydrogen-bond acceptors (Lipinski definition) is 1. The molecule has 0 saturated heterocycles. The predicted octanol–water partition coefficient (Wildman–Crippen LogP) is -0.577. The molecule has 1 nitrogen and oxygen atoms in total. The average Bonchev–Trinajstić information content (AvgIpc) is 2.07. The van der Waals surface area contributed by atoms with Crippen LogP contribution in [0.2, 0.25) is 0 Å². The molecule has 0 amide bonds. The first-order valence-corrected chi connectivity index (χ1v) is 4.09. The van der Waals surface area contributed by atoms with Gasteiger partial charge >= 0.3 is 23.1 Å². The number of ether oxygens (including phenoxy) is 1. The Morgan fingerprint density at radius 3 is 2.47 bits per heavy atom. The van der Waals surface area contributed by atoms with Crippen molar-refractivity contribution < 1.29 is 30.5 Å². The monoisotopic (exact) mass is 288 g/mol. The smallest absolute Gasteiger partial charge is 1.00 e. The van der Waals surface area contributed by atoms with Crippen molar-refractivity contribution in [3.05, 3.63) is 29.8 Å². The number of rotatable bonds is 3. The van der Waals surface area contributed by atoms with Crippen molar-refractivity contribution in [3.8, 4) is 5.75 Å². The third kappa shape index (κ3) is 5.68. The third-order valence-electron chi connectivity index (χ3n) is 1.42. The molecule has 0 bridgehead atoms. The van der Waals surface area contributed by atoms with Gasteiger partial charge in [0.05, 0.1) is 12.4 Å². The zero-order valence-electron chi connectivity index (χ0n) is 8.69. The molecular formula is C10H11BrF2MgO. The second-order valence-corrected chi connectivity index (χ2v) is 3.19. The minimum Gasteiger partial charge on any atom is -1.00 e. The van der Waals surface area contributed by atoms with Crippen LogP contribution >= 0.6 is 0 Å². The maximum absolute atomic E-state index is 12.9. The maximum atomic E-state index is 12.9. The van der Waals surface area contributed by atoms with Crippen molar-refractivity contribution in [2.45, 2.75) is 13.8 Å². The first-order chi connectivity index (χ1) is 6.11. The summed E-state index contributed by atoms with van der Waals surface area (Å²) in [6.07, 6.45) is 0. The minimum atomic E-state index is -0.945. The molecule has 0 heterocycles. The number of benzene rings is 1. The SMILES string of the molecule is CC(C)COc1c[c-]cc(F)c1F.[Br-].[Mg+2]. The standard InChI is InChI=1S/C10H11F2O.BrH.Mg/c1-7(2)6-13-9-5-3-4-8(11)10(9)12;;/h4-5,7H,6H2,1-2H3;1H;/q-1;;+2/p-1. The van der Waals surface area contributed by atoms with E-state index in [0.717, 1.165) is 6.07 Å². The van der Waals surface area contributed by atoms with E-state index in [9.17, 15) is 8.78 Å². The van der Waals surface area contributed by atoms with Crippen molar-refractivity contribution in [2.24, 2.45) is 5.92 Å². The first-order valence-electron chi connectivity index (χ1n) is 4.09. The quantitative estimate of drug-likeness (QED) is 0.535. The van der Waals surface area contributed by atoms with Gasteiger partial charge in [-0.25, -0.2) is 4.39 Å². The molecule has 0 unspecified atom stereocenters. The maximum Gasteiger partial charge on any atom is 2.00 e. The van der Waals surface area contributed by atoms with E-state index in [1.54, 1.807) is 0 Å². The van der Waals surface area contributed by atoms with E-state index in [1.165, 1.54) is 6.07 Å². The van der Waals surface area contributed by atoms with Crippen LogP contribution in [-0.4, -0.2) is 29.7 Å². The van der Waals surface area contributed by atoms with E-state index in [0.29, 0.717) is 6.61 Å². The van der Waals surface area contributed by atoms with E-state index in [1.807, 2.05) is 13.8 Å². The van der Waals surface area contributed by atoms with E-state index in [2.05, 4.69) is 6.07 Å². The molecule has 1 rings (SSSR count). The summed E-state index contributed by atoms with van der Waals surface area (Å²) in [5.74, 6) is -1.67. The molecule has 15 heavy (non-hydrogen) atoms. The van der Waals surface area contributed by atoms with Crippen LogP contribution in [0.5, 0.6) is 5.75 Å². The van der Waals surface area contributed by atoms with Crippen LogP contribution in [0, 0.1) is 23.6 Å². The largest absolute Gasteiger partial charge is 2.00 e. The van der Waals surface area contributed by atoms with Crippen LogP contribution in [0.4, 0.5) is 8.78 Å². The molecule has 0 aliphatic rings. The summed E-state index contributed by atoms with van der Waals surface area (Å²) in [6.45, 7) is 4.23. The van der Waals surface area contributed by atoms with Crippen molar-refractivity contribution >= 4 is 23.1 Å². The summed E-state index contributed by atoms with van der Waals surface area (Å²) in [6, 6.07) is 4.69. The van der Waals surface area contributed by atoms with Crippen LogP contribution in [0.15, 0.2) is 12.1 Å². The Morgan fingerprint density at radius 1 is 1.33 bits per heavy atom. The van der Waals surface area contributed by atoms with Crippen molar-refractivity contribution in [1.29, 1.82) is 0 Å². The molecule has 0 atom stereocenters. The van der Waals surface area contributed by atoms with Crippen LogP contribution in [-0.2, 0) is 0 Å². The van der Waals surface area contributed by atoms with Crippen molar-refractivity contribution in [2.75, 3.05) is 6.61 Å². The van der Waals surface area contributed by atoms with Gasteiger partial charge in [0.2, 0.25) is 0 Å². The van der Waals surface area contributed by atoms with Gasteiger partial charge in [-0.1, -0.05) is 13.8 Å². The molecule has 0 N–H and O–H groups in total. The van der Waals surface area contributed by atoms with E-state index >= 15 is 0 Å². The van der Waals surface area contributed by atoms with Gasteiger partial charge in [0.1, 0.15) is 0 Å². The van der Waals surface area contributed by atoms with Gasteiger partial charge in [-0.3, -0.25) is 4.39 Å². The van der Waals surface area contributed by atoms with Gasteiger partial charge in [-0.15, -0.1) is 12.1 Å². The molecule has 1 aromatic carbocycles. The normalized spacial score (nSPS) is 9.13. The number of hydrogen-bond donors (Lipinski definition) is 0. The van der Waals surface area contributed by atoms with Gasteiger partial charge in [-0.2, -0.15) is 6.07 Å². The topological polar surface area (TPSA) is 9.23 Å². The van der Waals surface area contributed by atoms with E-state index < -0.39 is 11.6 Å². The van der Waals surface area contributed by atoms with Crippen LogP contribution < -0.4 is 21.7 Å². The average molecular weight is 289 g/mol. The van der Waals surface area contributed by atoms with E-state index in [-0.39, 0.29) is 51.7 Å². The fourth-order valence-corrected chi connectivity index (χ4v) is 0.796. The Balaban J connectivity index is 0. The fraction of sp³-hybridized carbons (Fsp3) is 0.400. The summed E-state index contributed by atoms with van der Waals surface area (Å²) < 4.78 is 30.6. The molecule has 0 aromatic heterocycles. The second-order valence-electron chi connectivity index (χ2n) is 3.19. The molecule has 0 radical (unpaired) electrons. The molecule has 0 aliphatic carbocycles. The van der Waals surface area contributed by atoms with E-state index in [4.69, 9.17) is 4.74 Å². The van der Waals surface area contributed by atoms with Crippen molar-refractivity contribution in [3.63, 3.8) is 0 Å². The summed E-state index contributed by atoms with van der Waals surface area (Å²) in [7, 11) is 0. The van der Waals surface area contributed by atoms with Crippen molar-refractivity contribution in [1.82, 2.24) is 0 Å². The van der Waals surface area contributed by atoms with Crippen LogP contribution in [0.1, 0.15) is 13.8 Å². The molecule has 5 heteroatoms. The molecular weight excluding hydrogens is 278 g/mol. The summed E-state index contributed by atoms with van der Waals surface area (Å²) in [5.41, 5.74) is 0. The zero-order chi connectivity index (χ0) is 9.84. The van der Waals surface area contributed by atoms with Gasteiger partial charge in [-0.05, 0) is 5.92 Å². The minimum absolute atomic E-state index is 0. The molecule has 0 saturated carbocycles. The third-order valence-corrected chi connectivity index (χ3v) is 1.42. The van der Waals surface area contributed by atoms with Crippen LogP contribution in [0.3, 0.4) is 0 Å². The Labute approximate surface area is 115 Å². The van der Waals surface area contributed by atoms with Gasteiger partial charge < -0.3 is 21.7 Å². The fourth-order valence-electron chi connectivity index (χ4n) is 0.796. The number of halogens is 3. The Hall–Kier alpha value is 0.126. The predicted molar refractivity (Wildman–Crippen MR) is 51.3 cm³/mol. The van der Waals surface area contributed by atoms with Gasteiger partial charge in [0, 0.05) is 11.6 Å². The molecule has 0 aliphatic heterocycles.